The van der Waals surface area contributed by atoms with Crippen LogP contribution in [0.5, 0.6) is 11.5 Å². The Labute approximate surface area is 228 Å². The number of ether oxygens (including phenoxy) is 2. The minimum atomic E-state index is -0.682. The van der Waals surface area contributed by atoms with E-state index in [1.165, 1.54) is 41.0 Å². The van der Waals surface area contributed by atoms with Crippen LogP contribution < -0.4 is 26.0 Å². The third-order valence-corrected chi connectivity index (χ3v) is 6.61. The van der Waals surface area contributed by atoms with E-state index in [9.17, 15) is 23.6 Å². The van der Waals surface area contributed by atoms with E-state index in [-0.39, 0.29) is 36.4 Å². The van der Waals surface area contributed by atoms with Crippen LogP contribution in [0.25, 0.3) is 10.9 Å². The zero-order chi connectivity index (χ0) is 28.2. The Balaban J connectivity index is 1.45. The molecule has 1 aliphatic rings. The predicted molar refractivity (Wildman–Crippen MR) is 148 cm³/mol. The molecule has 0 unspecified atom stereocenters. The number of allylic oxidation sites excluding steroid dienone is 1. The lowest BCUT2D eigenvalue weighted by molar-refractivity contribution is -0.116. The number of halogens is 1. The molecule has 1 aromatic heterocycles. The van der Waals surface area contributed by atoms with Crippen molar-refractivity contribution >= 4 is 28.3 Å². The fourth-order valence-electron chi connectivity index (χ4n) is 4.54. The number of amides is 1. The van der Waals surface area contributed by atoms with Crippen molar-refractivity contribution in [3.05, 3.63) is 111 Å². The molecular weight excluding hydrogens is 517 g/mol. The minimum Gasteiger partial charge on any atom is -0.454 e. The van der Waals surface area contributed by atoms with Gasteiger partial charge in [0.2, 0.25) is 12.7 Å². The molecule has 3 aromatic carbocycles. The summed E-state index contributed by atoms with van der Waals surface area (Å²) < 4.78 is 26.2. The molecule has 0 saturated carbocycles. The lowest BCUT2D eigenvalue weighted by Crippen LogP contribution is -2.41. The van der Waals surface area contributed by atoms with Crippen molar-refractivity contribution in [2.75, 3.05) is 12.1 Å². The van der Waals surface area contributed by atoms with E-state index in [0.29, 0.717) is 35.6 Å². The van der Waals surface area contributed by atoms with Gasteiger partial charge in [0.25, 0.3) is 5.56 Å². The van der Waals surface area contributed by atoms with Crippen molar-refractivity contribution in [3.8, 4) is 11.5 Å². The van der Waals surface area contributed by atoms with Crippen LogP contribution in [0.4, 0.5) is 10.1 Å². The molecule has 1 amide bonds. The summed E-state index contributed by atoms with van der Waals surface area (Å²) in [5, 5.41) is 2.82. The number of fused-ring (bicyclic) bond motifs is 2. The third kappa shape index (κ3) is 5.56. The maximum Gasteiger partial charge on any atom is 0.331 e. The summed E-state index contributed by atoms with van der Waals surface area (Å²) in [6, 6.07) is 15.2. The number of carbonyl (C=O) groups excluding carboxylic acids is 2. The van der Waals surface area contributed by atoms with Gasteiger partial charge in [0.1, 0.15) is 12.4 Å². The summed E-state index contributed by atoms with van der Waals surface area (Å²) in [5.74, 6) is 0.0926. The lowest BCUT2D eigenvalue weighted by atomic mass is 10.0. The maximum absolute atomic E-state index is 13.4. The van der Waals surface area contributed by atoms with Crippen molar-refractivity contribution in [2.45, 2.75) is 32.4 Å². The third-order valence-electron chi connectivity index (χ3n) is 6.61. The number of nitrogens with one attached hydrogen (secondary N) is 1. The van der Waals surface area contributed by atoms with Crippen LogP contribution in [0.2, 0.25) is 0 Å². The van der Waals surface area contributed by atoms with Gasteiger partial charge < -0.3 is 14.8 Å². The van der Waals surface area contributed by atoms with Gasteiger partial charge in [0, 0.05) is 24.2 Å². The molecule has 1 N–H and O–H groups in total. The second-order valence-corrected chi connectivity index (χ2v) is 9.30. The van der Waals surface area contributed by atoms with E-state index < -0.39 is 29.5 Å². The minimum absolute atomic E-state index is 0.0902. The van der Waals surface area contributed by atoms with Gasteiger partial charge in [-0.05, 0) is 66.9 Å². The number of anilines is 1. The highest BCUT2D eigenvalue weighted by atomic mass is 19.1. The van der Waals surface area contributed by atoms with E-state index in [0.717, 1.165) is 10.1 Å². The molecule has 0 fully saturated rings. The van der Waals surface area contributed by atoms with Crippen LogP contribution in [0, 0.1) is 5.82 Å². The number of hydrogen-bond donors (Lipinski definition) is 1. The number of aromatic nitrogens is 2. The van der Waals surface area contributed by atoms with Crippen molar-refractivity contribution in [1.82, 2.24) is 9.13 Å². The molecule has 0 saturated heterocycles. The molecule has 2 heterocycles. The normalized spacial score (nSPS) is 11.9. The zero-order valence-electron chi connectivity index (χ0n) is 21.5. The average Bonchev–Trinajstić information content (AvgIpc) is 3.43. The first-order valence-electron chi connectivity index (χ1n) is 12.7. The number of aryl methyl sites for hydroxylation is 1. The van der Waals surface area contributed by atoms with Crippen molar-refractivity contribution in [3.63, 3.8) is 0 Å². The number of nitrogens with zero attached hydrogens (tertiary/aromatic N) is 2. The Kier molecular flexibility index (Phi) is 7.59. The molecule has 1 aliphatic heterocycles. The molecule has 40 heavy (non-hydrogen) atoms. The molecule has 5 rings (SSSR count). The highest BCUT2D eigenvalue weighted by Gasteiger charge is 2.18. The number of hydrogen-bond acceptors (Lipinski definition) is 6. The maximum atomic E-state index is 13.4. The van der Waals surface area contributed by atoms with E-state index in [1.54, 1.807) is 18.2 Å². The molecule has 4 aromatic rings. The highest BCUT2D eigenvalue weighted by Crippen LogP contribution is 2.32. The van der Waals surface area contributed by atoms with Crippen molar-refractivity contribution in [1.29, 1.82) is 0 Å². The summed E-state index contributed by atoms with van der Waals surface area (Å²) >= 11 is 0. The summed E-state index contributed by atoms with van der Waals surface area (Å²) in [4.78, 5) is 52.6. The quantitative estimate of drug-likeness (QED) is 0.239. The van der Waals surface area contributed by atoms with Gasteiger partial charge in [-0.2, -0.15) is 0 Å². The molecule has 0 aliphatic carbocycles. The predicted octanol–water partition coefficient (Wildman–Crippen LogP) is 4.06. The van der Waals surface area contributed by atoms with E-state index in [1.807, 2.05) is 12.1 Å². The SMILES string of the molecule is C=CCCn1c(=O)c2ccc(C(=O)CCc3ccc4c(c3)OCO4)cc2n(CC(=O)Nc2ccc(F)cc2)c1=O. The molecule has 9 nitrogen and oxygen atoms in total. The number of carbonyl (C=O) groups is 2. The fraction of sp³-hybridized carbons (Fsp3) is 0.200. The van der Waals surface area contributed by atoms with Gasteiger partial charge in [0.15, 0.2) is 17.3 Å². The standard InChI is InChI=1S/C30H26FN3O6/c1-2-3-14-33-29(37)23-11-6-20(25(35)12-4-19-5-13-26-27(15-19)40-18-39-26)16-24(23)34(30(33)38)17-28(36)32-22-9-7-21(31)8-10-22/h2,5-11,13,15-16H,1,3-4,12,14,17-18H2,(H,32,36). The summed E-state index contributed by atoms with van der Waals surface area (Å²) in [6.45, 7) is 3.47. The number of Topliss-reactive ketones (excluding diaryl/α,β-unsaturated/α-hetero) is 1. The summed E-state index contributed by atoms with van der Waals surface area (Å²) in [6.07, 6.45) is 2.59. The van der Waals surface area contributed by atoms with Crippen LogP contribution in [0.1, 0.15) is 28.8 Å². The van der Waals surface area contributed by atoms with E-state index in [4.69, 9.17) is 9.47 Å². The summed E-state index contributed by atoms with van der Waals surface area (Å²) in [5.41, 5.74) is 0.535. The molecular formula is C30H26FN3O6. The Hall–Kier alpha value is -4.99. The molecule has 0 spiro atoms. The highest BCUT2D eigenvalue weighted by molar-refractivity contribution is 5.99. The molecule has 0 bridgehead atoms. The van der Waals surface area contributed by atoms with Gasteiger partial charge in [-0.3, -0.25) is 23.5 Å². The molecule has 10 heteroatoms. The van der Waals surface area contributed by atoms with Crippen LogP contribution in [0.3, 0.4) is 0 Å². The van der Waals surface area contributed by atoms with Crippen molar-refractivity contribution < 1.29 is 23.5 Å². The first-order chi connectivity index (χ1) is 19.3. The van der Waals surface area contributed by atoms with Crippen LogP contribution in [-0.2, 0) is 24.3 Å². The zero-order valence-corrected chi connectivity index (χ0v) is 21.5. The Morgan fingerprint density at radius 1 is 0.975 bits per heavy atom. The number of ketones is 1. The smallest absolute Gasteiger partial charge is 0.331 e. The van der Waals surface area contributed by atoms with E-state index >= 15 is 0 Å². The largest absolute Gasteiger partial charge is 0.454 e. The van der Waals surface area contributed by atoms with E-state index in [2.05, 4.69) is 11.9 Å². The average molecular weight is 544 g/mol. The van der Waals surface area contributed by atoms with Gasteiger partial charge in [-0.1, -0.05) is 18.2 Å². The molecule has 204 valence electrons. The first-order valence-corrected chi connectivity index (χ1v) is 12.7. The monoisotopic (exact) mass is 543 g/mol. The molecule has 0 radical (unpaired) electrons. The van der Waals surface area contributed by atoms with Gasteiger partial charge in [-0.15, -0.1) is 6.58 Å². The Bertz CT molecular complexity index is 1740. The van der Waals surface area contributed by atoms with Crippen molar-refractivity contribution in [2.24, 2.45) is 0 Å². The van der Waals surface area contributed by atoms with Crippen LogP contribution in [0.15, 0.2) is 82.9 Å². The number of benzene rings is 3. The Morgan fingerprint density at radius 3 is 2.52 bits per heavy atom. The van der Waals surface area contributed by atoms with Crippen LogP contribution >= 0.6 is 0 Å². The molecule has 0 atom stereocenters. The number of rotatable bonds is 10. The Morgan fingerprint density at radius 2 is 1.75 bits per heavy atom. The fourth-order valence-corrected chi connectivity index (χ4v) is 4.54. The van der Waals surface area contributed by atoms with Crippen LogP contribution in [-0.4, -0.2) is 27.6 Å². The first kappa shape index (κ1) is 26.6. The van der Waals surface area contributed by atoms with Gasteiger partial charge in [-0.25, -0.2) is 9.18 Å². The van der Waals surface area contributed by atoms with Gasteiger partial charge >= 0.3 is 5.69 Å². The lowest BCUT2D eigenvalue weighted by Gasteiger charge is -2.15. The second kappa shape index (κ2) is 11.4. The van der Waals surface area contributed by atoms with Gasteiger partial charge in [0.05, 0.1) is 10.9 Å². The topological polar surface area (TPSA) is 109 Å². The second-order valence-electron chi connectivity index (χ2n) is 9.30. The summed E-state index contributed by atoms with van der Waals surface area (Å²) in [7, 11) is 0.